The number of rotatable bonds is 15. The molecular formula is C31H42BrN3O6. The molecule has 9 nitrogen and oxygen atoms in total. The number of aliphatic hydroxyl groups excluding tert-OH is 1. The minimum atomic E-state index is -1.18. The Balaban J connectivity index is 1.71. The monoisotopic (exact) mass is 631 g/mol. The highest BCUT2D eigenvalue weighted by Gasteiger charge is 2.76. The topological polar surface area (TPSA) is 99.6 Å². The fraction of sp³-hybridized carbons (Fsp3) is 0.581. The summed E-state index contributed by atoms with van der Waals surface area (Å²) < 4.78 is 12.2. The number of hydrogen-bond acceptors (Lipinski definition) is 6. The average Bonchev–Trinajstić information content (AvgIpc) is 3.55. The van der Waals surface area contributed by atoms with E-state index in [-0.39, 0.29) is 42.2 Å². The van der Waals surface area contributed by atoms with Crippen LogP contribution >= 0.6 is 15.9 Å². The van der Waals surface area contributed by atoms with E-state index in [9.17, 15) is 19.5 Å². The zero-order valence-corrected chi connectivity index (χ0v) is 25.6. The summed E-state index contributed by atoms with van der Waals surface area (Å²) in [6, 6.07) is 6.30. The van der Waals surface area contributed by atoms with Gasteiger partial charge in [0.05, 0.1) is 31.2 Å². The number of benzene rings is 1. The molecule has 0 aromatic heterocycles. The van der Waals surface area contributed by atoms with Crippen molar-refractivity contribution < 1.29 is 29.0 Å². The van der Waals surface area contributed by atoms with E-state index < -0.39 is 29.6 Å². The highest BCUT2D eigenvalue weighted by Crippen LogP contribution is 2.60. The maximum absolute atomic E-state index is 14.3. The Kier molecular flexibility index (Phi) is 10.3. The van der Waals surface area contributed by atoms with Crippen LogP contribution in [-0.2, 0) is 19.1 Å². The first-order valence-electron chi connectivity index (χ1n) is 14.6. The third kappa shape index (κ3) is 5.70. The van der Waals surface area contributed by atoms with Crippen LogP contribution < -0.4 is 9.64 Å². The van der Waals surface area contributed by atoms with Crippen molar-refractivity contribution in [2.24, 2.45) is 11.8 Å². The Labute approximate surface area is 251 Å². The molecule has 10 heteroatoms. The summed E-state index contributed by atoms with van der Waals surface area (Å²) >= 11 is 3.73. The minimum Gasteiger partial charge on any atom is -0.494 e. The predicted octanol–water partition coefficient (Wildman–Crippen LogP) is 3.55. The maximum Gasteiger partial charge on any atom is 0.248 e. The van der Waals surface area contributed by atoms with Crippen LogP contribution in [0.2, 0.25) is 0 Å². The van der Waals surface area contributed by atoms with E-state index in [4.69, 9.17) is 9.47 Å². The smallest absolute Gasteiger partial charge is 0.248 e. The Morgan fingerprint density at radius 3 is 2.49 bits per heavy atom. The molecule has 3 aliphatic rings. The molecule has 4 rings (SSSR count). The van der Waals surface area contributed by atoms with Crippen molar-refractivity contribution in [2.45, 2.75) is 62.1 Å². The zero-order chi connectivity index (χ0) is 29.7. The van der Waals surface area contributed by atoms with Crippen molar-refractivity contribution >= 4 is 39.3 Å². The molecule has 41 heavy (non-hydrogen) atoms. The number of hydrogen-bond donors (Lipinski definition) is 1. The molecule has 1 aromatic carbocycles. The summed E-state index contributed by atoms with van der Waals surface area (Å²) in [6.45, 7) is 13.0. The number of aliphatic hydroxyl groups is 1. The maximum atomic E-state index is 14.3. The Bertz CT molecular complexity index is 1130. The van der Waals surface area contributed by atoms with Gasteiger partial charge in [-0.2, -0.15) is 0 Å². The van der Waals surface area contributed by atoms with Crippen molar-refractivity contribution in [3.05, 3.63) is 49.6 Å². The van der Waals surface area contributed by atoms with Gasteiger partial charge in [0.1, 0.15) is 17.4 Å². The van der Waals surface area contributed by atoms with Crippen molar-refractivity contribution in [3.8, 4) is 5.75 Å². The van der Waals surface area contributed by atoms with Gasteiger partial charge < -0.3 is 29.3 Å². The van der Waals surface area contributed by atoms with Gasteiger partial charge in [0.2, 0.25) is 17.7 Å². The standard InChI is InChI=1S/C31H42BrN3O6/c1-5-9-10-17-33(15-6-2)30(39)27-31-20-23(32)26(41-31)24(25(31)29(38)35(27)18-19-36)28(37)34(16-7-3)21-11-13-22(14-12-21)40-8-4/h6-7,11-14,23-27,36H,2-3,5,8-10,15-20H2,1,4H3/t23?,24-,25+,26-,27?,31?/m1/s1. The number of unbranched alkanes of at least 4 members (excludes halogenated alkanes) is 2. The van der Waals surface area contributed by atoms with E-state index in [0.29, 0.717) is 37.6 Å². The number of likely N-dealkylation sites (tertiary alicyclic amines) is 1. The zero-order valence-electron chi connectivity index (χ0n) is 24.0. The van der Waals surface area contributed by atoms with Crippen LogP contribution in [-0.4, -0.2) is 94.6 Å². The van der Waals surface area contributed by atoms with Gasteiger partial charge in [0.25, 0.3) is 0 Å². The summed E-state index contributed by atoms with van der Waals surface area (Å²) in [7, 11) is 0. The van der Waals surface area contributed by atoms with Crippen LogP contribution in [0.25, 0.3) is 0 Å². The number of alkyl halides is 1. The number of amides is 3. The lowest BCUT2D eigenvalue weighted by Crippen LogP contribution is -2.57. The number of nitrogens with zero attached hydrogens (tertiary/aromatic N) is 3. The molecule has 3 saturated heterocycles. The van der Waals surface area contributed by atoms with E-state index in [1.807, 2.05) is 19.1 Å². The second-order valence-electron chi connectivity index (χ2n) is 10.9. The van der Waals surface area contributed by atoms with Gasteiger partial charge in [0, 0.05) is 36.7 Å². The van der Waals surface area contributed by atoms with Gasteiger partial charge in [0.15, 0.2) is 0 Å². The summed E-state index contributed by atoms with van der Waals surface area (Å²) in [6.07, 6.45) is 5.98. The summed E-state index contributed by atoms with van der Waals surface area (Å²) in [5, 5.41) is 9.90. The van der Waals surface area contributed by atoms with E-state index in [1.165, 1.54) is 4.90 Å². The SMILES string of the molecule is C=CCN(CCCCC)C(=O)C1N(CCO)C(=O)[C@@H]2[C@@H](C(=O)N(CC=C)c3ccc(OCC)cc3)[C@@H]3OC12CC3Br. The molecular weight excluding hydrogens is 590 g/mol. The van der Waals surface area contributed by atoms with Crippen molar-refractivity contribution in [1.82, 2.24) is 9.80 Å². The molecule has 3 unspecified atom stereocenters. The number of anilines is 1. The van der Waals surface area contributed by atoms with Gasteiger partial charge in [-0.05, 0) is 44.0 Å². The third-order valence-corrected chi connectivity index (χ3v) is 9.22. The predicted molar refractivity (Wildman–Crippen MR) is 161 cm³/mol. The van der Waals surface area contributed by atoms with E-state index in [2.05, 4.69) is 36.0 Å². The largest absolute Gasteiger partial charge is 0.494 e. The van der Waals surface area contributed by atoms with Crippen molar-refractivity contribution in [2.75, 3.05) is 44.3 Å². The first-order valence-corrected chi connectivity index (χ1v) is 15.5. The first-order chi connectivity index (χ1) is 19.8. The second kappa shape index (κ2) is 13.5. The Hall–Kier alpha value is -2.69. The molecule has 1 aromatic rings. The molecule has 0 radical (unpaired) electrons. The molecule has 3 fully saturated rings. The molecule has 3 amide bonds. The summed E-state index contributed by atoms with van der Waals surface area (Å²) in [5.41, 5.74) is -0.523. The fourth-order valence-corrected chi connectivity index (χ4v) is 7.68. The Morgan fingerprint density at radius 2 is 1.88 bits per heavy atom. The molecule has 0 aliphatic carbocycles. The second-order valence-corrected chi connectivity index (χ2v) is 12.0. The lowest BCUT2D eigenvalue weighted by Gasteiger charge is -2.37. The van der Waals surface area contributed by atoms with Gasteiger partial charge in [-0.15, -0.1) is 13.2 Å². The van der Waals surface area contributed by atoms with Gasteiger partial charge in [-0.3, -0.25) is 14.4 Å². The number of carbonyl (C=O) groups excluding carboxylic acids is 3. The highest BCUT2D eigenvalue weighted by atomic mass is 79.9. The average molecular weight is 633 g/mol. The Morgan fingerprint density at radius 1 is 1.17 bits per heavy atom. The summed E-state index contributed by atoms with van der Waals surface area (Å²) in [5.74, 6) is -1.76. The fourth-order valence-electron chi connectivity index (χ4n) is 6.73. The quantitative estimate of drug-likeness (QED) is 0.181. The van der Waals surface area contributed by atoms with E-state index in [0.717, 1.165) is 19.3 Å². The molecule has 3 heterocycles. The number of halogens is 1. The lowest BCUT2D eigenvalue weighted by atomic mass is 9.70. The highest BCUT2D eigenvalue weighted by molar-refractivity contribution is 9.09. The van der Waals surface area contributed by atoms with Crippen molar-refractivity contribution in [1.29, 1.82) is 0 Å². The number of ether oxygens (including phenoxy) is 2. The first kappa shape index (κ1) is 31.3. The summed E-state index contributed by atoms with van der Waals surface area (Å²) in [4.78, 5) is 47.2. The van der Waals surface area contributed by atoms with Crippen LogP contribution in [0.1, 0.15) is 39.5 Å². The third-order valence-electron chi connectivity index (χ3n) is 8.38. The van der Waals surface area contributed by atoms with Crippen LogP contribution in [0.3, 0.4) is 0 Å². The normalized spacial score (nSPS) is 28.0. The van der Waals surface area contributed by atoms with E-state index in [1.54, 1.807) is 34.1 Å². The molecule has 1 N–H and O–H groups in total. The molecule has 3 aliphatic heterocycles. The number of fused-ring (bicyclic) bond motifs is 1. The van der Waals surface area contributed by atoms with Gasteiger partial charge in [-0.1, -0.05) is 47.8 Å². The molecule has 0 saturated carbocycles. The van der Waals surface area contributed by atoms with Crippen LogP contribution in [0.15, 0.2) is 49.6 Å². The molecule has 6 atom stereocenters. The van der Waals surface area contributed by atoms with Crippen LogP contribution in [0.5, 0.6) is 5.75 Å². The number of carbonyl (C=O) groups is 3. The number of β-amino-alcohol motifs (C(OH)–C–C–N with tert-alkyl or cyclic N) is 1. The van der Waals surface area contributed by atoms with Crippen LogP contribution in [0, 0.1) is 11.8 Å². The van der Waals surface area contributed by atoms with Gasteiger partial charge in [-0.25, -0.2) is 0 Å². The molecule has 1 spiro atoms. The van der Waals surface area contributed by atoms with E-state index >= 15 is 0 Å². The minimum absolute atomic E-state index is 0.0124. The van der Waals surface area contributed by atoms with Crippen LogP contribution in [0.4, 0.5) is 5.69 Å². The van der Waals surface area contributed by atoms with Gasteiger partial charge >= 0.3 is 0 Å². The molecule has 224 valence electrons. The van der Waals surface area contributed by atoms with Crippen molar-refractivity contribution in [3.63, 3.8) is 0 Å². The lowest BCUT2D eigenvalue weighted by molar-refractivity contribution is -0.148. The molecule has 2 bridgehead atoms.